The van der Waals surface area contributed by atoms with Gasteiger partial charge < -0.3 is 5.32 Å². The number of thiazole rings is 1. The Morgan fingerprint density at radius 2 is 2.11 bits per heavy atom. The van der Waals surface area contributed by atoms with Crippen molar-refractivity contribution in [3.63, 3.8) is 0 Å². The molecule has 0 fully saturated rings. The van der Waals surface area contributed by atoms with Crippen molar-refractivity contribution < 1.29 is 0 Å². The van der Waals surface area contributed by atoms with E-state index in [4.69, 9.17) is 0 Å². The lowest BCUT2D eigenvalue weighted by Gasteiger charge is -2.17. The van der Waals surface area contributed by atoms with Gasteiger partial charge in [0.15, 0.2) is 4.34 Å². The molecule has 0 radical (unpaired) electrons. The van der Waals surface area contributed by atoms with Crippen molar-refractivity contribution in [3.8, 4) is 0 Å². The van der Waals surface area contributed by atoms with Crippen molar-refractivity contribution in [3.05, 3.63) is 24.3 Å². The Hall–Kier alpha value is -0.580. The molecule has 0 saturated heterocycles. The zero-order valence-electron chi connectivity index (χ0n) is 11.8. The second-order valence-corrected chi connectivity index (χ2v) is 7.68. The molecule has 1 N–H and O–H groups in total. The van der Waals surface area contributed by atoms with Crippen molar-refractivity contribution in [2.24, 2.45) is 0 Å². The van der Waals surface area contributed by atoms with Crippen LogP contribution in [0.4, 0.5) is 0 Å². The fraction of sp³-hybridized carbons (Fsp3) is 0.533. The quantitative estimate of drug-likeness (QED) is 0.758. The summed E-state index contributed by atoms with van der Waals surface area (Å²) in [4.78, 5) is 4.68. The number of benzene rings is 1. The van der Waals surface area contributed by atoms with Gasteiger partial charge in [-0.1, -0.05) is 37.7 Å². The number of nitrogens with zero attached hydrogens (tertiary/aromatic N) is 1. The van der Waals surface area contributed by atoms with Gasteiger partial charge in [-0.2, -0.15) is 0 Å². The normalized spacial score (nSPS) is 14.7. The summed E-state index contributed by atoms with van der Waals surface area (Å²) in [5, 5.41) is 4.14. The number of aromatic nitrogens is 1. The van der Waals surface area contributed by atoms with E-state index in [1.807, 2.05) is 11.8 Å². The maximum Gasteiger partial charge on any atom is 0.151 e. The highest BCUT2D eigenvalue weighted by Crippen LogP contribution is 2.33. The second kappa shape index (κ2) is 7.27. The van der Waals surface area contributed by atoms with Gasteiger partial charge in [-0.15, -0.1) is 11.3 Å². The van der Waals surface area contributed by atoms with Crippen molar-refractivity contribution >= 4 is 33.3 Å². The minimum Gasteiger partial charge on any atom is -0.314 e. The van der Waals surface area contributed by atoms with Crippen molar-refractivity contribution in [1.29, 1.82) is 0 Å². The van der Waals surface area contributed by atoms with E-state index in [0.29, 0.717) is 11.3 Å². The van der Waals surface area contributed by atoms with E-state index in [-0.39, 0.29) is 0 Å². The Kier molecular flexibility index (Phi) is 5.67. The van der Waals surface area contributed by atoms with Gasteiger partial charge in [-0.05, 0) is 38.4 Å². The standard InChI is InChI=1S/C15H22N2S2/c1-4-9-16-11(2)10-12(3)18-15-17-13-7-5-6-8-14(13)19-15/h5-8,11-12,16H,4,9-10H2,1-3H3. The highest BCUT2D eigenvalue weighted by atomic mass is 32.2. The molecule has 2 aromatic rings. The first-order chi connectivity index (χ1) is 9.19. The van der Waals surface area contributed by atoms with Crippen LogP contribution in [0.2, 0.25) is 0 Å². The van der Waals surface area contributed by atoms with Crippen LogP contribution < -0.4 is 5.32 Å². The number of rotatable bonds is 7. The van der Waals surface area contributed by atoms with Crippen LogP contribution in [0.1, 0.15) is 33.6 Å². The van der Waals surface area contributed by atoms with Crippen LogP contribution in [0.25, 0.3) is 10.2 Å². The van der Waals surface area contributed by atoms with Crippen LogP contribution in [-0.2, 0) is 0 Å². The van der Waals surface area contributed by atoms with E-state index in [9.17, 15) is 0 Å². The number of hydrogen-bond donors (Lipinski definition) is 1. The molecule has 0 spiro atoms. The average molecular weight is 294 g/mol. The zero-order chi connectivity index (χ0) is 13.7. The maximum atomic E-state index is 4.68. The lowest BCUT2D eigenvalue weighted by molar-refractivity contribution is 0.513. The zero-order valence-corrected chi connectivity index (χ0v) is 13.5. The molecule has 0 aliphatic heterocycles. The van der Waals surface area contributed by atoms with Gasteiger partial charge >= 0.3 is 0 Å². The number of thioether (sulfide) groups is 1. The Labute approximate surface area is 124 Å². The Morgan fingerprint density at radius 1 is 1.32 bits per heavy atom. The summed E-state index contributed by atoms with van der Waals surface area (Å²) >= 11 is 3.70. The monoisotopic (exact) mass is 294 g/mol. The highest BCUT2D eigenvalue weighted by Gasteiger charge is 2.12. The Morgan fingerprint density at radius 3 is 2.84 bits per heavy atom. The van der Waals surface area contributed by atoms with Crippen molar-refractivity contribution in [1.82, 2.24) is 10.3 Å². The first-order valence-electron chi connectivity index (χ1n) is 6.94. The first-order valence-corrected chi connectivity index (χ1v) is 8.64. The van der Waals surface area contributed by atoms with Crippen LogP contribution in [0.5, 0.6) is 0 Å². The third-order valence-electron chi connectivity index (χ3n) is 3.00. The average Bonchev–Trinajstić information content (AvgIpc) is 2.78. The molecule has 104 valence electrons. The smallest absolute Gasteiger partial charge is 0.151 e. The van der Waals surface area contributed by atoms with Crippen LogP contribution >= 0.6 is 23.1 Å². The van der Waals surface area contributed by atoms with E-state index in [0.717, 1.165) is 12.1 Å². The Balaban J connectivity index is 1.89. The van der Waals surface area contributed by atoms with Gasteiger partial charge in [0.2, 0.25) is 0 Å². The molecule has 2 unspecified atom stereocenters. The van der Waals surface area contributed by atoms with Gasteiger partial charge in [0, 0.05) is 11.3 Å². The third-order valence-corrected chi connectivity index (χ3v) is 5.26. The molecule has 0 aliphatic carbocycles. The molecule has 0 aliphatic rings. The Bertz CT molecular complexity index is 477. The fourth-order valence-corrected chi connectivity index (χ4v) is 4.63. The van der Waals surface area contributed by atoms with Crippen LogP contribution in [0, 0.1) is 0 Å². The minimum absolute atomic E-state index is 0.580. The minimum atomic E-state index is 0.580. The molecule has 1 heterocycles. The predicted octanol–water partition coefficient (Wildman–Crippen LogP) is 4.56. The molecule has 1 aromatic heterocycles. The lowest BCUT2D eigenvalue weighted by Crippen LogP contribution is -2.29. The van der Waals surface area contributed by atoms with Gasteiger partial charge in [0.1, 0.15) is 0 Å². The van der Waals surface area contributed by atoms with E-state index in [2.05, 4.69) is 55.3 Å². The molecular formula is C15H22N2S2. The van der Waals surface area contributed by atoms with E-state index in [1.165, 1.54) is 21.9 Å². The summed E-state index contributed by atoms with van der Waals surface area (Å²) < 4.78 is 2.48. The van der Waals surface area contributed by atoms with Crippen molar-refractivity contribution in [2.75, 3.05) is 6.54 Å². The molecule has 4 heteroatoms. The van der Waals surface area contributed by atoms with E-state index >= 15 is 0 Å². The van der Waals surface area contributed by atoms with Crippen LogP contribution in [0.15, 0.2) is 28.6 Å². The molecule has 0 amide bonds. The first kappa shape index (κ1) is 14.8. The van der Waals surface area contributed by atoms with Crippen molar-refractivity contribution in [2.45, 2.75) is 49.2 Å². The summed E-state index contributed by atoms with van der Waals surface area (Å²) in [6.45, 7) is 7.88. The number of nitrogens with one attached hydrogen (secondary N) is 1. The van der Waals surface area contributed by atoms with Gasteiger partial charge in [0.05, 0.1) is 10.2 Å². The summed E-state index contributed by atoms with van der Waals surface area (Å²) in [5.41, 5.74) is 1.12. The van der Waals surface area contributed by atoms with E-state index < -0.39 is 0 Å². The SMILES string of the molecule is CCCNC(C)CC(C)Sc1nc2ccccc2s1. The predicted molar refractivity (Wildman–Crippen MR) is 87.3 cm³/mol. The van der Waals surface area contributed by atoms with Gasteiger partial charge in [-0.25, -0.2) is 4.98 Å². The topological polar surface area (TPSA) is 24.9 Å². The fourth-order valence-electron chi connectivity index (χ4n) is 2.09. The second-order valence-electron chi connectivity index (χ2n) is 4.97. The number of hydrogen-bond acceptors (Lipinski definition) is 4. The molecule has 2 atom stereocenters. The maximum absolute atomic E-state index is 4.68. The molecule has 2 rings (SSSR count). The van der Waals surface area contributed by atoms with Crippen LogP contribution in [-0.4, -0.2) is 22.8 Å². The lowest BCUT2D eigenvalue weighted by atomic mass is 10.2. The summed E-state index contributed by atoms with van der Waals surface area (Å²) in [5.74, 6) is 0. The molecule has 0 saturated carbocycles. The van der Waals surface area contributed by atoms with Gasteiger partial charge in [-0.3, -0.25) is 0 Å². The summed E-state index contributed by atoms with van der Waals surface area (Å²) in [6.07, 6.45) is 2.38. The largest absolute Gasteiger partial charge is 0.314 e. The summed E-state index contributed by atoms with van der Waals surface area (Å²) in [6, 6.07) is 8.95. The highest BCUT2D eigenvalue weighted by molar-refractivity contribution is 8.01. The summed E-state index contributed by atoms with van der Waals surface area (Å²) in [7, 11) is 0. The number of para-hydroxylation sites is 1. The third kappa shape index (κ3) is 4.48. The van der Waals surface area contributed by atoms with Gasteiger partial charge in [0.25, 0.3) is 0 Å². The molecule has 19 heavy (non-hydrogen) atoms. The van der Waals surface area contributed by atoms with Crippen LogP contribution in [0.3, 0.4) is 0 Å². The molecular weight excluding hydrogens is 272 g/mol. The molecule has 2 nitrogen and oxygen atoms in total. The van der Waals surface area contributed by atoms with E-state index in [1.54, 1.807) is 11.3 Å². The molecule has 0 bridgehead atoms. The molecule has 1 aromatic carbocycles. The number of fused-ring (bicyclic) bond motifs is 1.